The third-order valence-corrected chi connectivity index (χ3v) is 2.61. The van der Waals surface area contributed by atoms with Crippen molar-refractivity contribution in [2.75, 3.05) is 6.54 Å². The Hall–Kier alpha value is -1.26. The largest absolute Gasteiger partial charge is 0.409 e. The molecule has 0 aliphatic heterocycles. The zero-order valence-corrected chi connectivity index (χ0v) is 10.8. The van der Waals surface area contributed by atoms with Gasteiger partial charge >= 0.3 is 0 Å². The van der Waals surface area contributed by atoms with Crippen LogP contribution in [0.25, 0.3) is 0 Å². The molecule has 0 bridgehead atoms. The van der Waals surface area contributed by atoms with E-state index in [1.165, 1.54) is 0 Å². The highest BCUT2D eigenvalue weighted by atomic mass is 16.4. The number of amidine groups is 1. The van der Waals surface area contributed by atoms with Crippen LogP contribution < -0.4 is 5.73 Å². The highest BCUT2D eigenvalue weighted by Crippen LogP contribution is 2.16. The van der Waals surface area contributed by atoms with Gasteiger partial charge in [0.25, 0.3) is 0 Å². The summed E-state index contributed by atoms with van der Waals surface area (Å²) in [4.78, 5) is 13.9. The molecule has 3 N–H and O–H groups in total. The maximum atomic E-state index is 12.2. The first kappa shape index (κ1) is 14.7. The Labute approximate surface area is 97.3 Å². The fourth-order valence-electron chi connectivity index (χ4n) is 1.77. The van der Waals surface area contributed by atoms with E-state index in [0.29, 0.717) is 6.54 Å². The van der Waals surface area contributed by atoms with Gasteiger partial charge in [0.15, 0.2) is 5.84 Å². The second-order valence-electron chi connectivity index (χ2n) is 4.46. The van der Waals surface area contributed by atoms with Gasteiger partial charge < -0.3 is 15.8 Å². The number of carbonyl (C=O) groups excluding carboxylic acids is 1. The monoisotopic (exact) mass is 229 g/mol. The summed E-state index contributed by atoms with van der Waals surface area (Å²) in [6.07, 6.45) is 0. The van der Waals surface area contributed by atoms with Crippen LogP contribution in [0.5, 0.6) is 0 Å². The lowest BCUT2D eigenvalue weighted by Gasteiger charge is -2.30. The number of nitrogens with zero attached hydrogens (tertiary/aromatic N) is 2. The Morgan fingerprint density at radius 1 is 1.38 bits per heavy atom. The Morgan fingerprint density at radius 3 is 2.12 bits per heavy atom. The van der Waals surface area contributed by atoms with Gasteiger partial charge in [-0.1, -0.05) is 19.0 Å². The lowest BCUT2D eigenvalue weighted by molar-refractivity contribution is -0.136. The average Bonchev–Trinajstić information content (AvgIpc) is 2.17. The van der Waals surface area contributed by atoms with E-state index >= 15 is 0 Å². The molecule has 1 atom stereocenters. The zero-order valence-electron chi connectivity index (χ0n) is 10.8. The van der Waals surface area contributed by atoms with E-state index in [0.717, 1.165) is 0 Å². The Morgan fingerprint density at radius 2 is 1.88 bits per heavy atom. The van der Waals surface area contributed by atoms with E-state index in [-0.39, 0.29) is 23.7 Å². The van der Waals surface area contributed by atoms with Crippen molar-refractivity contribution in [3.8, 4) is 0 Å². The van der Waals surface area contributed by atoms with Crippen molar-refractivity contribution >= 4 is 11.7 Å². The summed E-state index contributed by atoms with van der Waals surface area (Å²) in [7, 11) is 0. The molecule has 5 heteroatoms. The molecule has 0 aliphatic rings. The van der Waals surface area contributed by atoms with Crippen LogP contribution in [0.2, 0.25) is 0 Å². The van der Waals surface area contributed by atoms with Crippen LogP contribution in [-0.2, 0) is 4.79 Å². The Bertz CT molecular complexity index is 262. The zero-order chi connectivity index (χ0) is 12.9. The van der Waals surface area contributed by atoms with Crippen molar-refractivity contribution in [1.82, 2.24) is 4.90 Å². The molecule has 0 aliphatic carbocycles. The van der Waals surface area contributed by atoms with Gasteiger partial charge in [-0.3, -0.25) is 4.79 Å². The molecular weight excluding hydrogens is 206 g/mol. The van der Waals surface area contributed by atoms with Crippen molar-refractivity contribution in [2.45, 2.75) is 40.7 Å². The molecule has 5 nitrogen and oxygen atoms in total. The summed E-state index contributed by atoms with van der Waals surface area (Å²) in [5, 5.41) is 11.6. The van der Waals surface area contributed by atoms with Gasteiger partial charge in [0.1, 0.15) is 5.92 Å². The summed E-state index contributed by atoms with van der Waals surface area (Å²) in [6, 6.07) is 0.116. The summed E-state index contributed by atoms with van der Waals surface area (Å²) >= 11 is 0. The van der Waals surface area contributed by atoms with Crippen molar-refractivity contribution in [3.63, 3.8) is 0 Å². The van der Waals surface area contributed by atoms with Gasteiger partial charge in [-0.15, -0.1) is 0 Å². The van der Waals surface area contributed by atoms with Gasteiger partial charge in [-0.05, 0) is 26.7 Å². The molecule has 0 aromatic rings. The molecule has 1 unspecified atom stereocenters. The lowest BCUT2D eigenvalue weighted by atomic mass is 9.92. The highest BCUT2D eigenvalue weighted by molar-refractivity contribution is 6.02. The first-order valence-corrected chi connectivity index (χ1v) is 5.64. The van der Waals surface area contributed by atoms with E-state index < -0.39 is 5.92 Å². The van der Waals surface area contributed by atoms with Gasteiger partial charge in [0, 0.05) is 12.6 Å². The maximum Gasteiger partial charge on any atom is 0.233 e. The third kappa shape index (κ3) is 3.40. The van der Waals surface area contributed by atoms with E-state index in [9.17, 15) is 4.79 Å². The fourth-order valence-corrected chi connectivity index (χ4v) is 1.77. The average molecular weight is 229 g/mol. The van der Waals surface area contributed by atoms with Crippen LogP contribution >= 0.6 is 0 Å². The molecule has 0 saturated carbocycles. The van der Waals surface area contributed by atoms with Crippen LogP contribution in [0.1, 0.15) is 34.6 Å². The van der Waals surface area contributed by atoms with Crippen LogP contribution in [0, 0.1) is 11.8 Å². The molecule has 0 heterocycles. The Kier molecular flexibility index (Phi) is 5.85. The second kappa shape index (κ2) is 6.35. The first-order valence-electron chi connectivity index (χ1n) is 5.64. The van der Waals surface area contributed by atoms with Crippen LogP contribution in [0.15, 0.2) is 5.16 Å². The van der Waals surface area contributed by atoms with Gasteiger partial charge in [0.2, 0.25) is 5.91 Å². The molecule has 0 aromatic carbocycles. The molecule has 0 saturated heterocycles. The van der Waals surface area contributed by atoms with Crippen molar-refractivity contribution in [2.24, 2.45) is 22.7 Å². The minimum atomic E-state index is -0.549. The normalized spacial score (nSPS) is 14.3. The van der Waals surface area contributed by atoms with E-state index in [2.05, 4.69) is 5.16 Å². The summed E-state index contributed by atoms with van der Waals surface area (Å²) in [5.74, 6) is -0.634. The van der Waals surface area contributed by atoms with E-state index in [4.69, 9.17) is 10.9 Å². The molecule has 0 radical (unpaired) electrons. The highest BCUT2D eigenvalue weighted by Gasteiger charge is 2.31. The predicted molar refractivity (Wildman–Crippen MR) is 64.3 cm³/mol. The fraction of sp³-hybridized carbons (Fsp3) is 0.818. The standard InChI is InChI=1S/C11H23N3O2/c1-6-14(8(4)5)11(15)9(7(2)3)10(12)13-16/h7-9,16H,6H2,1-5H3,(H2,12,13). The minimum Gasteiger partial charge on any atom is -0.409 e. The summed E-state index contributed by atoms with van der Waals surface area (Å²) in [5.41, 5.74) is 5.56. The molecule has 0 rings (SSSR count). The predicted octanol–water partition coefficient (Wildman–Crippen LogP) is 1.26. The van der Waals surface area contributed by atoms with Crippen LogP contribution in [0.3, 0.4) is 0 Å². The van der Waals surface area contributed by atoms with E-state index in [1.54, 1.807) is 4.90 Å². The number of hydrogen-bond acceptors (Lipinski definition) is 3. The molecule has 0 spiro atoms. The lowest BCUT2D eigenvalue weighted by Crippen LogP contribution is -2.47. The topological polar surface area (TPSA) is 78.9 Å². The molecule has 1 amide bonds. The van der Waals surface area contributed by atoms with Crippen LogP contribution in [-0.4, -0.2) is 34.4 Å². The summed E-state index contributed by atoms with van der Waals surface area (Å²) < 4.78 is 0. The number of rotatable bonds is 5. The Balaban J connectivity index is 5.01. The third-order valence-electron chi connectivity index (χ3n) is 2.61. The number of carbonyl (C=O) groups is 1. The van der Waals surface area contributed by atoms with Crippen molar-refractivity contribution in [1.29, 1.82) is 0 Å². The molecule has 0 fully saturated rings. The van der Waals surface area contributed by atoms with Gasteiger partial charge in [-0.25, -0.2) is 0 Å². The molecule has 16 heavy (non-hydrogen) atoms. The molecule has 0 aromatic heterocycles. The number of nitrogens with two attached hydrogens (primary N) is 1. The smallest absolute Gasteiger partial charge is 0.233 e. The quantitative estimate of drug-likeness (QED) is 0.322. The molecule has 94 valence electrons. The number of oxime groups is 1. The van der Waals surface area contributed by atoms with Gasteiger partial charge in [0.05, 0.1) is 0 Å². The number of amides is 1. The molecular formula is C11H23N3O2. The first-order chi connectivity index (χ1) is 7.36. The number of hydrogen-bond donors (Lipinski definition) is 2. The van der Waals surface area contributed by atoms with Crippen LogP contribution in [0.4, 0.5) is 0 Å². The van der Waals surface area contributed by atoms with Crippen molar-refractivity contribution < 1.29 is 10.0 Å². The van der Waals surface area contributed by atoms with E-state index in [1.807, 2.05) is 34.6 Å². The minimum absolute atomic E-state index is 0.0104. The maximum absolute atomic E-state index is 12.2. The second-order valence-corrected chi connectivity index (χ2v) is 4.46. The SMILES string of the molecule is CCN(C(=O)C(C(N)=NO)C(C)C)C(C)C. The van der Waals surface area contributed by atoms with Gasteiger partial charge in [-0.2, -0.15) is 0 Å². The van der Waals surface area contributed by atoms with Crippen molar-refractivity contribution in [3.05, 3.63) is 0 Å². The summed E-state index contributed by atoms with van der Waals surface area (Å²) in [6.45, 7) is 10.2.